The van der Waals surface area contributed by atoms with Crippen LogP contribution in [0.3, 0.4) is 0 Å². The van der Waals surface area contributed by atoms with Gasteiger partial charge in [0.1, 0.15) is 6.07 Å². The molecule has 0 fully saturated rings. The first-order chi connectivity index (χ1) is 7.54. The van der Waals surface area contributed by atoms with Crippen LogP contribution in [0, 0.1) is 11.3 Å². The first-order valence-corrected chi connectivity index (χ1v) is 5.84. The molecule has 0 saturated heterocycles. The fraction of sp³-hybridized carbons (Fsp3) is 0.455. The van der Waals surface area contributed by atoms with E-state index in [4.69, 9.17) is 5.26 Å². The van der Waals surface area contributed by atoms with Gasteiger partial charge in [0.2, 0.25) is 5.91 Å². The topological polar surface area (TPSA) is 56.1 Å². The van der Waals surface area contributed by atoms with Gasteiger partial charge in [0.15, 0.2) is 0 Å². The van der Waals surface area contributed by atoms with Gasteiger partial charge in [-0.15, -0.1) is 11.3 Å². The number of thiophene rings is 1. The second kappa shape index (κ2) is 5.64. The number of nitrogens with zero attached hydrogens (tertiary/aromatic N) is 2. The average molecular weight is 237 g/mol. The molecule has 0 aromatic carbocycles. The highest BCUT2D eigenvalue weighted by molar-refractivity contribution is 7.10. The van der Waals surface area contributed by atoms with Gasteiger partial charge in [-0.1, -0.05) is 0 Å². The van der Waals surface area contributed by atoms with E-state index in [9.17, 15) is 4.79 Å². The van der Waals surface area contributed by atoms with Crippen LogP contribution in [0.15, 0.2) is 11.4 Å². The zero-order valence-electron chi connectivity index (χ0n) is 9.65. The number of hydrogen-bond donors (Lipinski definition) is 1. The molecule has 0 aliphatic rings. The molecule has 1 heterocycles. The van der Waals surface area contributed by atoms with Crippen molar-refractivity contribution in [2.75, 3.05) is 14.1 Å². The third-order valence-corrected chi connectivity index (χ3v) is 3.11. The van der Waals surface area contributed by atoms with Crippen LogP contribution in [0.5, 0.6) is 0 Å². The summed E-state index contributed by atoms with van der Waals surface area (Å²) < 4.78 is 0. The molecule has 0 aliphatic carbocycles. The molecule has 1 aromatic heterocycles. The SMILES string of the molecule is C[C@@H](NCc1cc(C#N)cs1)C(=O)N(C)C. The zero-order chi connectivity index (χ0) is 12.1. The molecule has 0 radical (unpaired) electrons. The Bertz CT molecular complexity index is 406. The second-order valence-corrected chi connectivity index (χ2v) is 4.74. The van der Waals surface area contributed by atoms with Gasteiger partial charge in [0.05, 0.1) is 11.6 Å². The highest BCUT2D eigenvalue weighted by atomic mass is 32.1. The van der Waals surface area contributed by atoms with Crippen LogP contribution < -0.4 is 5.32 Å². The Balaban J connectivity index is 2.46. The van der Waals surface area contributed by atoms with Crippen molar-refractivity contribution in [3.8, 4) is 6.07 Å². The molecule has 1 atom stereocenters. The number of rotatable bonds is 4. The average Bonchev–Trinajstić information content (AvgIpc) is 2.72. The van der Waals surface area contributed by atoms with Crippen molar-refractivity contribution in [3.05, 3.63) is 21.9 Å². The van der Waals surface area contributed by atoms with Gasteiger partial charge in [-0.05, 0) is 13.0 Å². The van der Waals surface area contributed by atoms with Crippen molar-refractivity contribution in [2.45, 2.75) is 19.5 Å². The molecule has 1 N–H and O–H groups in total. The molecule has 0 saturated carbocycles. The summed E-state index contributed by atoms with van der Waals surface area (Å²) >= 11 is 1.53. The van der Waals surface area contributed by atoms with Gasteiger partial charge in [-0.2, -0.15) is 5.26 Å². The monoisotopic (exact) mass is 237 g/mol. The van der Waals surface area contributed by atoms with E-state index < -0.39 is 0 Å². The van der Waals surface area contributed by atoms with E-state index in [1.165, 1.54) is 11.3 Å². The number of carbonyl (C=O) groups is 1. The van der Waals surface area contributed by atoms with Crippen LogP contribution >= 0.6 is 11.3 Å². The number of amides is 1. The maximum atomic E-state index is 11.5. The molecule has 1 aromatic rings. The van der Waals surface area contributed by atoms with E-state index in [0.29, 0.717) is 12.1 Å². The lowest BCUT2D eigenvalue weighted by molar-refractivity contribution is -0.130. The zero-order valence-corrected chi connectivity index (χ0v) is 10.5. The highest BCUT2D eigenvalue weighted by Gasteiger charge is 2.13. The van der Waals surface area contributed by atoms with Crippen LogP contribution in [0.4, 0.5) is 0 Å². The number of hydrogen-bond acceptors (Lipinski definition) is 4. The molecule has 4 nitrogen and oxygen atoms in total. The quantitative estimate of drug-likeness (QED) is 0.855. The number of nitrogens with one attached hydrogen (secondary N) is 1. The fourth-order valence-electron chi connectivity index (χ4n) is 1.26. The molecule has 16 heavy (non-hydrogen) atoms. The lowest BCUT2D eigenvalue weighted by atomic mass is 10.3. The van der Waals surface area contributed by atoms with Crippen molar-refractivity contribution < 1.29 is 4.79 Å². The Morgan fingerprint density at radius 3 is 2.88 bits per heavy atom. The maximum absolute atomic E-state index is 11.5. The highest BCUT2D eigenvalue weighted by Crippen LogP contribution is 2.13. The van der Waals surface area contributed by atoms with Crippen LogP contribution in [-0.4, -0.2) is 30.9 Å². The van der Waals surface area contributed by atoms with Gasteiger partial charge >= 0.3 is 0 Å². The number of nitriles is 1. The third-order valence-electron chi connectivity index (χ3n) is 2.18. The Labute approximate surface area is 99.5 Å². The number of likely N-dealkylation sites (N-methyl/N-ethyl adjacent to an activating group) is 1. The van der Waals surface area contributed by atoms with Gasteiger partial charge < -0.3 is 10.2 Å². The Morgan fingerprint density at radius 1 is 1.69 bits per heavy atom. The molecule has 1 amide bonds. The van der Waals surface area contributed by atoms with Crippen molar-refractivity contribution in [2.24, 2.45) is 0 Å². The molecule has 0 unspecified atom stereocenters. The van der Waals surface area contributed by atoms with Crippen molar-refractivity contribution in [3.63, 3.8) is 0 Å². The largest absolute Gasteiger partial charge is 0.347 e. The minimum absolute atomic E-state index is 0.0528. The summed E-state index contributed by atoms with van der Waals surface area (Å²) in [6.45, 7) is 2.45. The lowest BCUT2D eigenvalue weighted by Gasteiger charge is -2.17. The van der Waals surface area contributed by atoms with Crippen molar-refractivity contribution >= 4 is 17.2 Å². The molecule has 0 spiro atoms. The van der Waals surface area contributed by atoms with Crippen molar-refractivity contribution in [1.29, 1.82) is 5.26 Å². The molecule has 5 heteroatoms. The standard InChI is InChI=1S/C11H15N3OS/c1-8(11(15)14(2)3)13-6-10-4-9(5-12)7-16-10/h4,7-8,13H,6H2,1-3H3/t8-/m1/s1. The second-order valence-electron chi connectivity index (χ2n) is 3.75. The van der Waals surface area contributed by atoms with Gasteiger partial charge in [-0.25, -0.2) is 0 Å². The predicted molar refractivity (Wildman–Crippen MR) is 64.0 cm³/mol. The predicted octanol–water partition coefficient (Wildman–Crippen LogP) is 1.19. The lowest BCUT2D eigenvalue weighted by Crippen LogP contribution is -2.40. The van der Waals surface area contributed by atoms with E-state index in [-0.39, 0.29) is 11.9 Å². The summed E-state index contributed by atoms with van der Waals surface area (Å²) in [5.74, 6) is 0.0528. The van der Waals surface area contributed by atoms with Crippen LogP contribution in [0.2, 0.25) is 0 Å². The maximum Gasteiger partial charge on any atom is 0.238 e. The minimum atomic E-state index is -0.206. The summed E-state index contributed by atoms with van der Waals surface area (Å²) in [5.41, 5.74) is 0.674. The van der Waals surface area contributed by atoms with Gasteiger partial charge in [-0.3, -0.25) is 4.79 Å². The first kappa shape index (κ1) is 12.7. The van der Waals surface area contributed by atoms with Gasteiger partial charge in [0.25, 0.3) is 0 Å². The Hall–Kier alpha value is -1.38. The van der Waals surface area contributed by atoms with Crippen LogP contribution in [0.25, 0.3) is 0 Å². The number of carbonyl (C=O) groups excluding carboxylic acids is 1. The molecule has 0 bridgehead atoms. The normalized spacial score (nSPS) is 11.9. The summed E-state index contributed by atoms with van der Waals surface area (Å²) in [4.78, 5) is 14.2. The van der Waals surface area contributed by atoms with Crippen LogP contribution in [-0.2, 0) is 11.3 Å². The summed E-state index contributed by atoms with van der Waals surface area (Å²) in [7, 11) is 3.47. The smallest absolute Gasteiger partial charge is 0.238 e. The summed E-state index contributed by atoms with van der Waals surface area (Å²) in [6.07, 6.45) is 0. The molecule has 1 rings (SSSR count). The molecule has 86 valence electrons. The molecule has 0 aliphatic heterocycles. The summed E-state index contributed by atoms with van der Waals surface area (Å²) in [6, 6.07) is 3.72. The molecular weight excluding hydrogens is 222 g/mol. The van der Waals surface area contributed by atoms with E-state index >= 15 is 0 Å². The first-order valence-electron chi connectivity index (χ1n) is 4.96. The van der Waals surface area contributed by atoms with Gasteiger partial charge in [0, 0.05) is 30.9 Å². The third kappa shape index (κ3) is 3.33. The minimum Gasteiger partial charge on any atom is -0.347 e. The van der Waals surface area contributed by atoms with Crippen LogP contribution in [0.1, 0.15) is 17.4 Å². The van der Waals surface area contributed by atoms with E-state index in [2.05, 4.69) is 11.4 Å². The summed E-state index contributed by atoms with van der Waals surface area (Å²) in [5, 5.41) is 13.6. The Morgan fingerprint density at radius 2 is 2.38 bits per heavy atom. The van der Waals surface area contributed by atoms with Crippen molar-refractivity contribution in [1.82, 2.24) is 10.2 Å². The van der Waals surface area contributed by atoms with E-state index in [0.717, 1.165) is 4.88 Å². The fourth-order valence-corrected chi connectivity index (χ4v) is 2.02. The van der Waals surface area contributed by atoms with E-state index in [1.807, 2.05) is 18.4 Å². The Kier molecular flexibility index (Phi) is 4.47. The van der Waals surface area contributed by atoms with E-state index in [1.54, 1.807) is 19.0 Å². The molecular formula is C11H15N3OS.